The van der Waals surface area contributed by atoms with Gasteiger partial charge in [0.2, 0.25) is 5.91 Å². The SMILES string of the molecule is COC(=O)c1ccc(CN[C@@H]2[C@H](CO)N(CC3CC3)[C@@]3(C(=O)Nc4cc(Cl)ccc43)[C@H]2c2cc(Cl)cc(Cl)c2F)c([N+](=O)[O-])c1. The number of nitro benzene ring substituents is 1. The molecule has 2 aliphatic heterocycles. The van der Waals surface area contributed by atoms with Crippen LogP contribution in [0.15, 0.2) is 48.5 Å². The first kappa shape index (κ1) is 31.7. The Balaban J connectivity index is 1.53. The van der Waals surface area contributed by atoms with E-state index < -0.39 is 52.8 Å². The van der Waals surface area contributed by atoms with E-state index in [4.69, 9.17) is 39.5 Å². The number of nitro groups is 1. The molecule has 0 radical (unpaired) electrons. The van der Waals surface area contributed by atoms with Crippen LogP contribution in [-0.4, -0.2) is 59.2 Å². The average molecular weight is 678 g/mol. The van der Waals surface area contributed by atoms with Crippen LogP contribution in [0, 0.1) is 21.8 Å². The van der Waals surface area contributed by atoms with Gasteiger partial charge in [0.15, 0.2) is 0 Å². The maximum absolute atomic E-state index is 16.1. The van der Waals surface area contributed by atoms with Crippen molar-refractivity contribution in [3.63, 3.8) is 0 Å². The lowest BCUT2D eigenvalue weighted by Crippen LogP contribution is -2.53. The van der Waals surface area contributed by atoms with Crippen molar-refractivity contribution in [3.05, 3.63) is 102 Å². The van der Waals surface area contributed by atoms with E-state index in [-0.39, 0.29) is 44.9 Å². The predicted molar refractivity (Wildman–Crippen MR) is 166 cm³/mol. The summed E-state index contributed by atoms with van der Waals surface area (Å²) in [6.07, 6.45) is 1.86. The zero-order valence-corrected chi connectivity index (χ0v) is 26.1. The van der Waals surface area contributed by atoms with E-state index in [0.717, 1.165) is 18.9 Å². The molecule has 2 heterocycles. The summed E-state index contributed by atoms with van der Waals surface area (Å²) in [6.45, 7) is -0.106. The van der Waals surface area contributed by atoms with E-state index >= 15 is 4.39 Å². The van der Waals surface area contributed by atoms with Crippen LogP contribution in [0.5, 0.6) is 0 Å². The number of carbonyl (C=O) groups is 2. The van der Waals surface area contributed by atoms with E-state index in [1.807, 2.05) is 4.90 Å². The summed E-state index contributed by atoms with van der Waals surface area (Å²) in [5.74, 6) is -2.70. The number of rotatable bonds is 9. The molecule has 0 bridgehead atoms. The first-order valence-electron chi connectivity index (χ1n) is 14.2. The van der Waals surface area contributed by atoms with Gasteiger partial charge < -0.3 is 20.5 Å². The molecule has 3 N–H and O–H groups in total. The van der Waals surface area contributed by atoms with Crippen LogP contribution < -0.4 is 10.6 Å². The summed E-state index contributed by atoms with van der Waals surface area (Å²) in [4.78, 5) is 39.8. The molecule has 1 aliphatic carbocycles. The third-order valence-electron chi connectivity index (χ3n) is 8.99. The molecule has 45 heavy (non-hydrogen) atoms. The molecule has 2 fully saturated rings. The van der Waals surface area contributed by atoms with Gasteiger partial charge in [-0.1, -0.05) is 46.9 Å². The number of hydrogen-bond acceptors (Lipinski definition) is 8. The molecule has 1 saturated heterocycles. The highest BCUT2D eigenvalue weighted by Gasteiger charge is 2.67. The minimum Gasteiger partial charge on any atom is -0.465 e. The molecule has 1 amide bonds. The molecule has 236 valence electrons. The number of ether oxygens (including phenoxy) is 1. The number of benzene rings is 3. The minimum atomic E-state index is -1.52. The Morgan fingerprint density at radius 2 is 1.93 bits per heavy atom. The van der Waals surface area contributed by atoms with Gasteiger partial charge in [-0.05, 0) is 54.7 Å². The van der Waals surface area contributed by atoms with Gasteiger partial charge in [0.05, 0.1) is 35.3 Å². The fourth-order valence-electron chi connectivity index (χ4n) is 6.90. The van der Waals surface area contributed by atoms with Gasteiger partial charge in [0.1, 0.15) is 11.4 Å². The van der Waals surface area contributed by atoms with Crippen molar-refractivity contribution in [2.24, 2.45) is 5.92 Å². The largest absolute Gasteiger partial charge is 0.465 e. The third kappa shape index (κ3) is 5.35. The Hall–Kier alpha value is -3.32. The monoisotopic (exact) mass is 676 g/mol. The summed E-state index contributed by atoms with van der Waals surface area (Å²) >= 11 is 19.0. The number of likely N-dealkylation sites (tertiary alicyclic amines) is 1. The number of fused-ring (bicyclic) bond motifs is 2. The number of esters is 1. The second-order valence-electron chi connectivity index (χ2n) is 11.5. The third-order valence-corrected chi connectivity index (χ3v) is 9.72. The van der Waals surface area contributed by atoms with E-state index in [0.29, 0.717) is 22.8 Å². The smallest absolute Gasteiger partial charge is 0.338 e. The highest BCUT2D eigenvalue weighted by Crippen LogP contribution is 2.59. The number of carbonyl (C=O) groups excluding carboxylic acids is 2. The van der Waals surface area contributed by atoms with E-state index in [1.54, 1.807) is 18.2 Å². The van der Waals surface area contributed by atoms with Crippen molar-refractivity contribution in [1.29, 1.82) is 0 Å². The van der Waals surface area contributed by atoms with Crippen LogP contribution in [-0.2, 0) is 21.6 Å². The Morgan fingerprint density at radius 3 is 2.60 bits per heavy atom. The van der Waals surface area contributed by atoms with Gasteiger partial charge in [0.25, 0.3) is 5.69 Å². The topological polar surface area (TPSA) is 134 Å². The number of anilines is 1. The molecular formula is C31H28Cl3FN4O6. The number of halogens is 4. The van der Waals surface area contributed by atoms with Gasteiger partial charge in [-0.15, -0.1) is 0 Å². The summed E-state index contributed by atoms with van der Waals surface area (Å²) in [5.41, 5.74) is -0.569. The van der Waals surface area contributed by atoms with Crippen LogP contribution in [0.1, 0.15) is 45.8 Å². The van der Waals surface area contributed by atoms with Gasteiger partial charge in [-0.3, -0.25) is 19.8 Å². The lowest BCUT2D eigenvalue weighted by molar-refractivity contribution is -0.385. The molecule has 3 aromatic carbocycles. The Labute approximate surface area is 272 Å². The van der Waals surface area contributed by atoms with Gasteiger partial charge in [-0.25, -0.2) is 9.18 Å². The number of nitrogens with one attached hydrogen (secondary N) is 2. The van der Waals surface area contributed by atoms with E-state index in [2.05, 4.69) is 10.6 Å². The average Bonchev–Trinajstić information content (AvgIpc) is 3.73. The minimum absolute atomic E-state index is 0.00280. The highest BCUT2D eigenvalue weighted by molar-refractivity contribution is 6.34. The zero-order valence-electron chi connectivity index (χ0n) is 23.9. The normalized spacial score (nSPS) is 24.1. The quantitative estimate of drug-likeness (QED) is 0.114. The van der Waals surface area contributed by atoms with Crippen molar-refractivity contribution in [2.45, 2.75) is 42.9 Å². The van der Waals surface area contributed by atoms with Crippen LogP contribution in [0.2, 0.25) is 15.1 Å². The summed E-state index contributed by atoms with van der Waals surface area (Å²) < 4.78 is 20.9. The number of methoxy groups -OCH3 is 1. The second kappa shape index (κ2) is 12.1. The van der Waals surface area contributed by atoms with Crippen molar-refractivity contribution in [3.8, 4) is 0 Å². The fraction of sp³-hybridized carbons (Fsp3) is 0.355. The summed E-state index contributed by atoms with van der Waals surface area (Å²) in [7, 11) is 1.18. The van der Waals surface area contributed by atoms with Gasteiger partial charge in [-0.2, -0.15) is 0 Å². The van der Waals surface area contributed by atoms with Crippen LogP contribution in [0.3, 0.4) is 0 Å². The highest BCUT2D eigenvalue weighted by atomic mass is 35.5. The van der Waals surface area contributed by atoms with Crippen molar-refractivity contribution in [2.75, 3.05) is 25.6 Å². The van der Waals surface area contributed by atoms with Crippen LogP contribution in [0.4, 0.5) is 15.8 Å². The first-order chi connectivity index (χ1) is 21.5. The van der Waals surface area contributed by atoms with E-state index in [9.17, 15) is 24.8 Å². The number of aliphatic hydroxyl groups is 1. The number of nitrogens with zero attached hydrogens (tertiary/aromatic N) is 2. The molecule has 3 aliphatic rings. The van der Waals surface area contributed by atoms with Crippen LogP contribution in [0.25, 0.3) is 0 Å². The Morgan fingerprint density at radius 1 is 1.18 bits per heavy atom. The lowest BCUT2D eigenvalue weighted by atomic mass is 9.73. The maximum Gasteiger partial charge on any atom is 0.338 e. The first-order valence-corrected chi connectivity index (χ1v) is 15.4. The Kier molecular flexibility index (Phi) is 8.53. The molecule has 4 atom stereocenters. The second-order valence-corrected chi connectivity index (χ2v) is 12.8. The number of aliphatic hydroxyl groups excluding tert-OH is 1. The van der Waals surface area contributed by atoms with Crippen molar-refractivity contribution < 1.29 is 28.7 Å². The van der Waals surface area contributed by atoms with Crippen molar-refractivity contribution >= 4 is 58.1 Å². The van der Waals surface area contributed by atoms with Crippen molar-refractivity contribution in [1.82, 2.24) is 10.2 Å². The molecular weight excluding hydrogens is 650 g/mol. The van der Waals surface area contributed by atoms with Gasteiger partial charge >= 0.3 is 5.97 Å². The van der Waals surface area contributed by atoms with Crippen LogP contribution >= 0.6 is 34.8 Å². The zero-order chi connectivity index (χ0) is 32.2. The Bertz CT molecular complexity index is 1720. The summed E-state index contributed by atoms with van der Waals surface area (Å²) in [5, 5.41) is 29.5. The van der Waals surface area contributed by atoms with Gasteiger partial charge in [0, 0.05) is 58.0 Å². The molecule has 10 nitrogen and oxygen atoms in total. The molecule has 3 aromatic rings. The standard InChI is InChI=1S/C31H28Cl3FN4O6/c1-45-29(41)16-4-5-17(24(8-16)39(43)44)12-36-28-25(14-40)38(13-15-2-3-15)31(21-7-6-18(32)11-23(21)37-30(31)42)26(28)20-9-19(33)10-22(34)27(20)35/h4-11,15,25-26,28,36,40H,2-3,12-14H2,1H3,(H,37,42)/t25-,26-,28+,31+/m0/s1. The molecule has 14 heteroatoms. The molecule has 0 aromatic heterocycles. The number of hydrogen-bond donors (Lipinski definition) is 3. The molecule has 1 saturated carbocycles. The van der Waals surface area contributed by atoms with E-state index in [1.165, 1.54) is 31.4 Å². The fourth-order valence-corrected chi connectivity index (χ4v) is 7.58. The molecule has 6 rings (SSSR count). The maximum atomic E-state index is 16.1. The molecule has 1 spiro atoms. The predicted octanol–water partition coefficient (Wildman–Crippen LogP) is 5.66. The summed E-state index contributed by atoms with van der Waals surface area (Å²) in [6, 6.07) is 10.1. The lowest BCUT2D eigenvalue weighted by Gasteiger charge is -2.39. The molecule has 0 unspecified atom stereocenters. The number of amides is 1.